The Kier molecular flexibility index (Phi) is 5.61. The number of carbonyl (C=O) groups excluding carboxylic acids is 1. The average molecular weight is 359 g/mol. The van der Waals surface area contributed by atoms with Crippen molar-refractivity contribution in [3.05, 3.63) is 58.6 Å². The third-order valence-corrected chi connectivity index (χ3v) is 4.92. The molecule has 0 bridgehead atoms. The number of halogens is 1. The Hall–Kier alpha value is -2.04. The molecule has 0 aliphatic carbocycles. The second-order valence-electron chi connectivity index (χ2n) is 6.43. The normalized spacial score (nSPS) is 17.5. The first-order chi connectivity index (χ1) is 12.1. The molecule has 1 aliphatic rings. The number of amides is 1. The van der Waals surface area contributed by atoms with E-state index in [9.17, 15) is 4.79 Å². The third-order valence-electron chi connectivity index (χ3n) is 4.61. The highest BCUT2D eigenvalue weighted by molar-refractivity contribution is 6.33. The molecule has 1 atom stereocenters. The molecular weight excluding hydrogens is 336 g/mol. The molecule has 1 fully saturated rings. The standard InChI is InChI=1S/C20H23ClN2O2/c1-14-5-10-18(17(21)12-14)22-20(24)13-23-11-3-4-19(23)15-6-8-16(25-2)9-7-15/h5-10,12,19H,3-4,11,13H2,1-2H3,(H,22,24)/t19-/m1/s1. The molecule has 132 valence electrons. The largest absolute Gasteiger partial charge is 0.497 e. The molecule has 5 heteroatoms. The number of likely N-dealkylation sites (tertiary alicyclic amines) is 1. The number of rotatable bonds is 5. The molecule has 1 saturated heterocycles. The van der Waals surface area contributed by atoms with Crippen LogP contribution in [-0.2, 0) is 4.79 Å². The summed E-state index contributed by atoms with van der Waals surface area (Å²) in [6.45, 7) is 3.26. The lowest BCUT2D eigenvalue weighted by Gasteiger charge is -2.24. The predicted molar refractivity (Wildman–Crippen MR) is 101 cm³/mol. The van der Waals surface area contributed by atoms with E-state index in [0.717, 1.165) is 30.7 Å². The molecule has 25 heavy (non-hydrogen) atoms. The van der Waals surface area contributed by atoms with E-state index in [-0.39, 0.29) is 11.9 Å². The van der Waals surface area contributed by atoms with Crippen LogP contribution in [0.25, 0.3) is 0 Å². The van der Waals surface area contributed by atoms with Crippen molar-refractivity contribution in [2.75, 3.05) is 25.5 Å². The van der Waals surface area contributed by atoms with Gasteiger partial charge in [0.15, 0.2) is 0 Å². The number of nitrogens with one attached hydrogen (secondary N) is 1. The minimum absolute atomic E-state index is 0.0360. The van der Waals surface area contributed by atoms with Crippen molar-refractivity contribution in [2.45, 2.75) is 25.8 Å². The highest BCUT2D eigenvalue weighted by Gasteiger charge is 2.27. The van der Waals surface area contributed by atoms with Crippen LogP contribution in [-0.4, -0.2) is 31.0 Å². The summed E-state index contributed by atoms with van der Waals surface area (Å²) in [5, 5.41) is 3.49. The number of nitrogens with zero attached hydrogens (tertiary/aromatic N) is 1. The van der Waals surface area contributed by atoms with E-state index in [4.69, 9.17) is 16.3 Å². The van der Waals surface area contributed by atoms with Gasteiger partial charge in [-0.3, -0.25) is 9.69 Å². The summed E-state index contributed by atoms with van der Waals surface area (Å²) < 4.78 is 5.22. The van der Waals surface area contributed by atoms with Crippen LogP contribution in [0.1, 0.15) is 30.0 Å². The number of methoxy groups -OCH3 is 1. The lowest BCUT2D eigenvalue weighted by Crippen LogP contribution is -2.33. The van der Waals surface area contributed by atoms with Gasteiger partial charge < -0.3 is 10.1 Å². The van der Waals surface area contributed by atoms with Gasteiger partial charge in [0, 0.05) is 6.04 Å². The zero-order valence-corrected chi connectivity index (χ0v) is 15.3. The highest BCUT2D eigenvalue weighted by Crippen LogP contribution is 2.32. The van der Waals surface area contributed by atoms with Crippen LogP contribution < -0.4 is 10.1 Å². The van der Waals surface area contributed by atoms with Gasteiger partial charge >= 0.3 is 0 Å². The Morgan fingerprint density at radius 3 is 2.72 bits per heavy atom. The monoisotopic (exact) mass is 358 g/mol. The fourth-order valence-electron chi connectivity index (χ4n) is 3.31. The molecule has 0 unspecified atom stereocenters. The van der Waals surface area contributed by atoms with Crippen LogP contribution in [0.15, 0.2) is 42.5 Å². The Morgan fingerprint density at radius 2 is 2.04 bits per heavy atom. The van der Waals surface area contributed by atoms with Crippen LogP contribution in [0.5, 0.6) is 5.75 Å². The van der Waals surface area contributed by atoms with Crippen molar-refractivity contribution in [3.63, 3.8) is 0 Å². The molecule has 1 aliphatic heterocycles. The van der Waals surface area contributed by atoms with E-state index in [1.165, 1.54) is 5.56 Å². The van der Waals surface area contributed by atoms with Crippen LogP contribution in [0.4, 0.5) is 5.69 Å². The van der Waals surface area contributed by atoms with Crippen molar-refractivity contribution >= 4 is 23.2 Å². The smallest absolute Gasteiger partial charge is 0.238 e. The van der Waals surface area contributed by atoms with Gasteiger partial charge in [0.05, 0.1) is 24.4 Å². The lowest BCUT2D eigenvalue weighted by molar-refractivity contribution is -0.117. The van der Waals surface area contributed by atoms with Crippen molar-refractivity contribution < 1.29 is 9.53 Å². The molecule has 4 nitrogen and oxygen atoms in total. The first-order valence-corrected chi connectivity index (χ1v) is 8.88. The third kappa shape index (κ3) is 4.33. The number of anilines is 1. The summed E-state index contributed by atoms with van der Waals surface area (Å²) in [7, 11) is 1.66. The number of carbonyl (C=O) groups is 1. The molecule has 2 aromatic carbocycles. The Morgan fingerprint density at radius 1 is 1.28 bits per heavy atom. The van der Waals surface area contributed by atoms with Gasteiger partial charge in [0.25, 0.3) is 0 Å². The molecule has 1 N–H and O–H groups in total. The number of aryl methyl sites for hydroxylation is 1. The first kappa shape index (κ1) is 17.8. The Bertz CT molecular complexity index is 746. The van der Waals surface area contributed by atoms with Crippen molar-refractivity contribution in [1.29, 1.82) is 0 Å². The topological polar surface area (TPSA) is 41.6 Å². The summed E-state index contributed by atoms with van der Waals surface area (Å²) in [6, 6.07) is 14.0. The zero-order chi connectivity index (χ0) is 17.8. The van der Waals surface area contributed by atoms with Crippen LogP contribution in [0, 0.1) is 6.92 Å². The molecule has 0 aromatic heterocycles. The summed E-state index contributed by atoms with van der Waals surface area (Å²) >= 11 is 6.20. The predicted octanol–water partition coefficient (Wildman–Crippen LogP) is 4.43. The first-order valence-electron chi connectivity index (χ1n) is 8.51. The number of hydrogen-bond donors (Lipinski definition) is 1. The number of hydrogen-bond acceptors (Lipinski definition) is 3. The highest BCUT2D eigenvalue weighted by atomic mass is 35.5. The second kappa shape index (κ2) is 7.89. The molecule has 1 heterocycles. The minimum Gasteiger partial charge on any atom is -0.497 e. The van der Waals surface area contributed by atoms with Crippen LogP contribution in [0.3, 0.4) is 0 Å². The van der Waals surface area contributed by atoms with Gasteiger partial charge in [-0.1, -0.05) is 29.8 Å². The average Bonchev–Trinajstić information content (AvgIpc) is 3.05. The molecule has 2 aromatic rings. The summed E-state index contributed by atoms with van der Waals surface area (Å²) in [5.74, 6) is 0.811. The van der Waals surface area contributed by atoms with E-state index in [1.54, 1.807) is 7.11 Å². The van der Waals surface area contributed by atoms with Gasteiger partial charge in [0.1, 0.15) is 5.75 Å². The summed E-state index contributed by atoms with van der Waals surface area (Å²) in [4.78, 5) is 14.7. The number of ether oxygens (including phenoxy) is 1. The molecule has 3 rings (SSSR count). The van der Waals surface area contributed by atoms with Crippen molar-refractivity contribution in [3.8, 4) is 5.75 Å². The molecule has 0 radical (unpaired) electrons. The van der Waals surface area contributed by atoms with Crippen LogP contribution >= 0.6 is 11.6 Å². The van der Waals surface area contributed by atoms with E-state index in [2.05, 4.69) is 22.3 Å². The summed E-state index contributed by atoms with van der Waals surface area (Å²) in [5.41, 5.74) is 2.96. The van der Waals surface area contributed by atoms with E-state index in [1.807, 2.05) is 37.3 Å². The Balaban J connectivity index is 1.65. The maximum absolute atomic E-state index is 12.5. The van der Waals surface area contributed by atoms with Gasteiger partial charge in [-0.05, 0) is 61.7 Å². The quantitative estimate of drug-likeness (QED) is 0.859. The van der Waals surface area contributed by atoms with Crippen LogP contribution in [0.2, 0.25) is 5.02 Å². The molecule has 1 amide bonds. The van der Waals surface area contributed by atoms with E-state index in [0.29, 0.717) is 17.3 Å². The maximum Gasteiger partial charge on any atom is 0.238 e. The maximum atomic E-state index is 12.5. The SMILES string of the molecule is COc1ccc([C@H]2CCCN2CC(=O)Nc2ccc(C)cc2Cl)cc1. The lowest BCUT2D eigenvalue weighted by atomic mass is 10.0. The van der Waals surface area contributed by atoms with Gasteiger partial charge in [-0.2, -0.15) is 0 Å². The fraction of sp³-hybridized carbons (Fsp3) is 0.350. The molecule has 0 saturated carbocycles. The number of benzene rings is 2. The van der Waals surface area contributed by atoms with Crippen molar-refractivity contribution in [1.82, 2.24) is 4.90 Å². The van der Waals surface area contributed by atoms with Gasteiger partial charge in [-0.15, -0.1) is 0 Å². The van der Waals surface area contributed by atoms with Crippen molar-refractivity contribution in [2.24, 2.45) is 0 Å². The zero-order valence-electron chi connectivity index (χ0n) is 14.6. The summed E-state index contributed by atoms with van der Waals surface area (Å²) in [6.07, 6.45) is 2.15. The minimum atomic E-state index is -0.0360. The van der Waals surface area contributed by atoms with Gasteiger partial charge in [-0.25, -0.2) is 0 Å². The molecule has 0 spiro atoms. The molecular formula is C20H23ClN2O2. The van der Waals surface area contributed by atoms with Gasteiger partial charge in [0.2, 0.25) is 5.91 Å². The fourth-order valence-corrected chi connectivity index (χ4v) is 3.60. The van der Waals surface area contributed by atoms with E-state index < -0.39 is 0 Å². The van der Waals surface area contributed by atoms with E-state index >= 15 is 0 Å². The Labute approximate surface area is 153 Å². The second-order valence-corrected chi connectivity index (χ2v) is 6.84.